The van der Waals surface area contributed by atoms with E-state index in [4.69, 9.17) is 4.98 Å². The van der Waals surface area contributed by atoms with Crippen molar-refractivity contribution < 1.29 is 26.9 Å². The number of H-pyrrole nitrogens is 1. The van der Waals surface area contributed by atoms with Crippen LogP contribution < -0.4 is 5.56 Å². The van der Waals surface area contributed by atoms with Crippen molar-refractivity contribution in [2.75, 3.05) is 6.54 Å². The lowest BCUT2D eigenvalue weighted by Crippen LogP contribution is -2.35. The van der Waals surface area contributed by atoms with E-state index in [1.165, 1.54) is 9.14 Å². The molecule has 5 aromatic rings. The van der Waals surface area contributed by atoms with Gasteiger partial charge in [-0.05, 0) is 55.8 Å². The number of aryl methyl sites for hydroxylation is 2. The maximum Gasteiger partial charge on any atom is 0.419 e. The second kappa shape index (κ2) is 11.7. The molecule has 0 saturated heterocycles. The molecule has 3 aromatic carbocycles. The standard InChI is InChI=1S/C32H27F4N5O2/c1-19-8-11-23(12-9-19)41-30(39-27-7-5-4-6-24(27)31(41)43)21(3)40(15-14-28-37-18-20(2)38-28)29(42)17-22-10-13-26(33)25(16-22)32(34,35)36/h4-13,16,18H,14-15,17H2,1-3H3/p+1. The summed E-state index contributed by atoms with van der Waals surface area (Å²) in [6.07, 6.45) is -3.42. The summed E-state index contributed by atoms with van der Waals surface area (Å²) in [4.78, 5) is 39.8. The Hall–Kier alpha value is -4.93. The average molecular weight is 591 g/mol. The lowest BCUT2D eigenvalue weighted by molar-refractivity contribution is -0.448. The zero-order chi connectivity index (χ0) is 30.9. The van der Waals surface area contributed by atoms with Gasteiger partial charge in [-0.2, -0.15) is 17.7 Å². The van der Waals surface area contributed by atoms with Gasteiger partial charge in [0.05, 0.1) is 35.0 Å². The van der Waals surface area contributed by atoms with Crippen molar-refractivity contribution in [1.29, 1.82) is 0 Å². The highest BCUT2D eigenvalue weighted by Crippen LogP contribution is 2.32. The number of fused-ring (bicyclic) bond motifs is 1. The minimum atomic E-state index is -4.92. The number of hydrogen-bond donors (Lipinski definition) is 1. The van der Waals surface area contributed by atoms with E-state index in [1.54, 1.807) is 49.5 Å². The quantitative estimate of drug-likeness (QED) is 0.149. The van der Waals surface area contributed by atoms with Crippen molar-refractivity contribution in [3.05, 3.63) is 123 Å². The molecule has 43 heavy (non-hydrogen) atoms. The number of benzene rings is 3. The van der Waals surface area contributed by atoms with E-state index < -0.39 is 29.9 Å². The number of amides is 1. The van der Waals surface area contributed by atoms with Crippen LogP contribution in [0.25, 0.3) is 16.6 Å². The fraction of sp³-hybridized carbons (Fsp3) is 0.219. The van der Waals surface area contributed by atoms with Crippen LogP contribution in [-0.4, -0.2) is 42.3 Å². The number of halogens is 4. The van der Waals surface area contributed by atoms with Gasteiger partial charge in [-0.1, -0.05) is 35.9 Å². The maximum absolute atomic E-state index is 13.9. The average Bonchev–Trinajstić information content (AvgIpc) is 3.39. The number of alkyl halides is 3. The van der Waals surface area contributed by atoms with E-state index in [0.29, 0.717) is 40.3 Å². The van der Waals surface area contributed by atoms with Gasteiger partial charge in [-0.15, -0.1) is 0 Å². The fourth-order valence-corrected chi connectivity index (χ4v) is 4.89. The van der Waals surface area contributed by atoms with Crippen molar-refractivity contribution >= 4 is 22.5 Å². The molecule has 220 valence electrons. The highest BCUT2D eigenvalue weighted by Gasteiger charge is 2.35. The second-order valence-electron chi connectivity index (χ2n) is 10.3. The first-order valence-electron chi connectivity index (χ1n) is 13.5. The van der Waals surface area contributed by atoms with E-state index in [1.807, 2.05) is 26.0 Å². The van der Waals surface area contributed by atoms with Crippen molar-refractivity contribution in [3.63, 3.8) is 0 Å². The van der Waals surface area contributed by atoms with Crippen molar-refractivity contribution in [1.82, 2.24) is 19.5 Å². The molecule has 0 saturated carbocycles. The third kappa shape index (κ3) is 6.30. The molecule has 7 nitrogen and oxygen atoms in total. The van der Waals surface area contributed by atoms with Crippen molar-refractivity contribution in [3.8, 4) is 5.69 Å². The third-order valence-electron chi connectivity index (χ3n) is 7.12. The van der Waals surface area contributed by atoms with E-state index in [9.17, 15) is 27.2 Å². The van der Waals surface area contributed by atoms with Crippen LogP contribution in [0.1, 0.15) is 41.0 Å². The van der Waals surface area contributed by atoms with Crippen LogP contribution in [0, 0.1) is 19.7 Å². The molecule has 1 amide bonds. The number of rotatable bonds is 7. The number of aromatic nitrogens is 4. The van der Waals surface area contributed by atoms with Crippen LogP contribution in [0.15, 0.2) is 77.7 Å². The normalized spacial score (nSPS) is 12.4. The molecule has 0 atom stereocenters. The van der Waals surface area contributed by atoms with Gasteiger partial charge < -0.3 is 4.98 Å². The van der Waals surface area contributed by atoms with Crippen LogP contribution in [0.4, 0.5) is 17.6 Å². The lowest BCUT2D eigenvalue weighted by Gasteiger charge is -2.14. The molecule has 2 aromatic heterocycles. The Morgan fingerprint density at radius 3 is 2.42 bits per heavy atom. The molecule has 0 aliphatic rings. The molecule has 0 spiro atoms. The van der Waals surface area contributed by atoms with E-state index in [0.717, 1.165) is 17.3 Å². The van der Waals surface area contributed by atoms with Gasteiger partial charge >= 0.3 is 12.1 Å². The summed E-state index contributed by atoms with van der Waals surface area (Å²) in [6.45, 7) is 5.47. The Labute approximate surface area is 244 Å². The molecule has 0 fully saturated rings. The number of nitrogens with one attached hydrogen (secondary N) is 1. The van der Waals surface area contributed by atoms with E-state index in [-0.39, 0.29) is 29.9 Å². The van der Waals surface area contributed by atoms with Gasteiger partial charge in [0.15, 0.2) is 6.54 Å². The van der Waals surface area contributed by atoms with Crippen LogP contribution in [0.2, 0.25) is 0 Å². The summed E-state index contributed by atoms with van der Waals surface area (Å²) in [7, 11) is 0. The Kier molecular flexibility index (Phi) is 8.08. The summed E-state index contributed by atoms with van der Waals surface area (Å²) in [5.41, 5.74) is 1.28. The molecular formula is C32H28F4N5O2+. The van der Waals surface area contributed by atoms with Gasteiger partial charge in [0, 0.05) is 18.8 Å². The van der Waals surface area contributed by atoms with Crippen LogP contribution in [0.3, 0.4) is 0 Å². The highest BCUT2D eigenvalue weighted by atomic mass is 19.4. The van der Waals surface area contributed by atoms with Crippen LogP contribution in [-0.2, 0) is 23.8 Å². The number of carbonyl (C=O) groups is 1. The Balaban J connectivity index is 1.67. The van der Waals surface area contributed by atoms with Gasteiger partial charge in [0.1, 0.15) is 11.6 Å². The third-order valence-corrected chi connectivity index (χ3v) is 7.12. The number of hydrogen-bond acceptors (Lipinski definition) is 4. The highest BCUT2D eigenvalue weighted by molar-refractivity contribution is 5.97. The molecule has 0 aliphatic heterocycles. The summed E-state index contributed by atoms with van der Waals surface area (Å²) in [6, 6.07) is 16.6. The van der Waals surface area contributed by atoms with Gasteiger partial charge in [-0.25, -0.2) is 19.2 Å². The Bertz CT molecular complexity index is 1920. The molecule has 5 rings (SSSR count). The summed E-state index contributed by atoms with van der Waals surface area (Å²) in [5, 5.41) is 0.384. The molecule has 11 heteroatoms. The number of carbonyl (C=O) groups excluding carboxylic acids is 1. The monoisotopic (exact) mass is 590 g/mol. The summed E-state index contributed by atoms with van der Waals surface area (Å²) < 4.78 is 56.9. The van der Waals surface area contributed by atoms with Crippen LogP contribution in [0.5, 0.6) is 0 Å². The SMILES string of the molecule is CC(c1nc2ccccc2c(=O)n1-c1ccc(C)cc1)=[N+](CCc1ncc(C)[nH]1)C(=O)Cc1ccc(F)c(C(F)(F)F)c1. The van der Waals surface area contributed by atoms with Crippen LogP contribution >= 0.6 is 0 Å². The molecular weight excluding hydrogens is 562 g/mol. The number of para-hydroxylation sites is 1. The molecule has 0 bridgehead atoms. The molecule has 0 aliphatic carbocycles. The number of imidazole rings is 1. The fourth-order valence-electron chi connectivity index (χ4n) is 4.89. The smallest absolute Gasteiger partial charge is 0.346 e. The van der Waals surface area contributed by atoms with Crippen molar-refractivity contribution in [2.24, 2.45) is 0 Å². The first-order valence-corrected chi connectivity index (χ1v) is 13.5. The predicted molar refractivity (Wildman–Crippen MR) is 154 cm³/mol. The zero-order valence-corrected chi connectivity index (χ0v) is 23.7. The minimum Gasteiger partial charge on any atom is -0.346 e. The topological polar surface area (TPSA) is 83.7 Å². The molecule has 1 N–H and O–H groups in total. The summed E-state index contributed by atoms with van der Waals surface area (Å²) >= 11 is 0. The lowest BCUT2D eigenvalue weighted by atomic mass is 10.1. The molecule has 0 unspecified atom stereocenters. The Morgan fingerprint density at radius 2 is 1.74 bits per heavy atom. The molecule has 0 radical (unpaired) electrons. The second-order valence-corrected chi connectivity index (χ2v) is 10.3. The molecule has 2 heterocycles. The maximum atomic E-state index is 13.9. The first kappa shape index (κ1) is 29.6. The largest absolute Gasteiger partial charge is 0.419 e. The number of nitrogens with zero attached hydrogens (tertiary/aromatic N) is 4. The van der Waals surface area contributed by atoms with E-state index >= 15 is 0 Å². The summed E-state index contributed by atoms with van der Waals surface area (Å²) in [5.74, 6) is -1.17. The van der Waals surface area contributed by atoms with Gasteiger partial charge in [0.25, 0.3) is 5.56 Å². The van der Waals surface area contributed by atoms with Crippen molar-refractivity contribution in [2.45, 2.75) is 39.8 Å². The predicted octanol–water partition coefficient (Wildman–Crippen LogP) is 5.72. The number of aromatic amines is 1. The Morgan fingerprint density at radius 1 is 1.02 bits per heavy atom. The minimum absolute atomic E-state index is 0.00670. The van der Waals surface area contributed by atoms with E-state index in [2.05, 4.69) is 9.97 Å². The first-order chi connectivity index (χ1) is 20.4. The van der Waals surface area contributed by atoms with Gasteiger partial charge in [0.2, 0.25) is 11.5 Å². The van der Waals surface area contributed by atoms with Gasteiger partial charge in [-0.3, -0.25) is 9.36 Å². The zero-order valence-electron chi connectivity index (χ0n) is 23.7.